The van der Waals surface area contributed by atoms with Gasteiger partial charge in [-0.1, -0.05) is 23.7 Å². The standard InChI is InChI=1S/C21H32ClN5O3.HI/c1-23-21(24-15-19(29-2)17-4-3-5-18(22)14-17)27-8-6-25(7-9-27)16-20(28)26-10-12-30-13-11-26;/h3-5,14,19H,6-13,15-16H2,1-2H3,(H,23,24);1H. The summed E-state index contributed by atoms with van der Waals surface area (Å²) in [5.74, 6) is 1.04. The van der Waals surface area contributed by atoms with E-state index < -0.39 is 0 Å². The van der Waals surface area contributed by atoms with Crippen LogP contribution in [0.3, 0.4) is 0 Å². The molecule has 31 heavy (non-hydrogen) atoms. The number of halogens is 2. The van der Waals surface area contributed by atoms with Crippen LogP contribution in [0.2, 0.25) is 5.02 Å². The highest BCUT2D eigenvalue weighted by molar-refractivity contribution is 14.0. The molecular weight excluding hydrogens is 533 g/mol. The fourth-order valence-corrected chi connectivity index (χ4v) is 3.98. The van der Waals surface area contributed by atoms with Crippen LogP contribution in [0, 0.1) is 0 Å². The SMILES string of the molecule is CN=C(NCC(OC)c1cccc(Cl)c1)N1CCN(CC(=O)N2CCOCC2)CC1.I. The fraction of sp³-hybridized carbons (Fsp3) is 0.619. The van der Waals surface area contributed by atoms with Crippen molar-refractivity contribution in [3.63, 3.8) is 0 Å². The first-order valence-electron chi connectivity index (χ1n) is 10.4. The predicted octanol–water partition coefficient (Wildman–Crippen LogP) is 1.70. The molecule has 2 saturated heterocycles. The van der Waals surface area contributed by atoms with Crippen LogP contribution in [-0.2, 0) is 14.3 Å². The van der Waals surface area contributed by atoms with Crippen LogP contribution in [0.5, 0.6) is 0 Å². The molecule has 3 rings (SSSR count). The van der Waals surface area contributed by atoms with Crippen LogP contribution < -0.4 is 5.32 Å². The van der Waals surface area contributed by atoms with Gasteiger partial charge in [0, 0.05) is 65.0 Å². The molecule has 2 fully saturated rings. The topological polar surface area (TPSA) is 69.6 Å². The summed E-state index contributed by atoms with van der Waals surface area (Å²) in [4.78, 5) is 23.2. The largest absolute Gasteiger partial charge is 0.378 e. The number of benzene rings is 1. The number of carbonyl (C=O) groups excluding carboxylic acids is 1. The lowest BCUT2D eigenvalue weighted by Crippen LogP contribution is -2.55. The van der Waals surface area contributed by atoms with Gasteiger partial charge < -0.3 is 24.6 Å². The second kappa shape index (κ2) is 13.4. The fourth-order valence-electron chi connectivity index (χ4n) is 3.78. The van der Waals surface area contributed by atoms with Gasteiger partial charge in [0.1, 0.15) is 0 Å². The molecule has 0 aliphatic carbocycles. The number of amides is 1. The van der Waals surface area contributed by atoms with Gasteiger partial charge in [0.25, 0.3) is 0 Å². The third-order valence-corrected chi connectivity index (χ3v) is 5.79. The molecule has 0 bridgehead atoms. The van der Waals surface area contributed by atoms with Gasteiger partial charge in [-0.2, -0.15) is 0 Å². The van der Waals surface area contributed by atoms with E-state index in [-0.39, 0.29) is 36.0 Å². The summed E-state index contributed by atoms with van der Waals surface area (Å²) in [5, 5.41) is 4.11. The van der Waals surface area contributed by atoms with Gasteiger partial charge in [-0.25, -0.2) is 0 Å². The van der Waals surface area contributed by atoms with Gasteiger partial charge in [0.2, 0.25) is 5.91 Å². The maximum Gasteiger partial charge on any atom is 0.236 e. The molecule has 1 aromatic carbocycles. The number of nitrogens with one attached hydrogen (secondary N) is 1. The van der Waals surface area contributed by atoms with Crippen LogP contribution in [0.15, 0.2) is 29.3 Å². The Balaban J connectivity index is 0.00000341. The number of morpholine rings is 1. The smallest absolute Gasteiger partial charge is 0.236 e. The zero-order valence-corrected chi connectivity index (χ0v) is 21.3. The van der Waals surface area contributed by atoms with E-state index in [0.717, 1.165) is 37.7 Å². The first-order chi connectivity index (χ1) is 14.6. The molecule has 0 aromatic heterocycles. The number of carbonyl (C=O) groups is 1. The van der Waals surface area contributed by atoms with Gasteiger partial charge in [-0.15, -0.1) is 24.0 Å². The highest BCUT2D eigenvalue weighted by Gasteiger charge is 2.24. The van der Waals surface area contributed by atoms with Crippen molar-refractivity contribution in [2.45, 2.75) is 6.10 Å². The number of rotatable bonds is 6. The molecule has 1 unspecified atom stereocenters. The molecule has 1 aromatic rings. The van der Waals surface area contributed by atoms with Gasteiger partial charge in [-0.3, -0.25) is 14.7 Å². The zero-order valence-electron chi connectivity index (χ0n) is 18.3. The highest BCUT2D eigenvalue weighted by Crippen LogP contribution is 2.20. The van der Waals surface area contributed by atoms with E-state index in [1.54, 1.807) is 14.2 Å². The third-order valence-electron chi connectivity index (χ3n) is 5.56. The van der Waals surface area contributed by atoms with Crippen molar-refractivity contribution in [2.24, 2.45) is 4.99 Å². The number of nitrogens with zero attached hydrogens (tertiary/aromatic N) is 4. The minimum Gasteiger partial charge on any atom is -0.378 e. The van der Waals surface area contributed by atoms with E-state index in [0.29, 0.717) is 44.4 Å². The molecule has 1 N–H and O–H groups in total. The summed E-state index contributed by atoms with van der Waals surface area (Å²) in [6.07, 6.45) is -0.118. The number of methoxy groups -OCH3 is 1. The van der Waals surface area contributed by atoms with E-state index in [9.17, 15) is 4.79 Å². The maximum atomic E-state index is 12.5. The molecule has 8 nitrogen and oxygen atoms in total. The molecule has 174 valence electrons. The zero-order chi connectivity index (χ0) is 21.3. The third kappa shape index (κ3) is 7.74. The lowest BCUT2D eigenvalue weighted by Gasteiger charge is -2.37. The van der Waals surface area contributed by atoms with Crippen LogP contribution >= 0.6 is 35.6 Å². The lowest BCUT2D eigenvalue weighted by molar-refractivity contribution is -0.136. The second-order valence-electron chi connectivity index (χ2n) is 7.46. The van der Waals surface area contributed by atoms with Gasteiger partial charge in [-0.05, 0) is 17.7 Å². The summed E-state index contributed by atoms with van der Waals surface area (Å²) < 4.78 is 11.0. The van der Waals surface area contributed by atoms with E-state index in [1.807, 2.05) is 29.2 Å². The molecule has 0 saturated carbocycles. The second-order valence-corrected chi connectivity index (χ2v) is 7.90. The Morgan fingerprint density at radius 3 is 2.52 bits per heavy atom. The Bertz CT molecular complexity index is 725. The Morgan fingerprint density at radius 1 is 1.19 bits per heavy atom. The van der Waals surface area contributed by atoms with Crippen molar-refractivity contribution in [1.29, 1.82) is 0 Å². The van der Waals surface area contributed by atoms with Crippen molar-refractivity contribution in [1.82, 2.24) is 20.0 Å². The average Bonchev–Trinajstić information content (AvgIpc) is 2.78. The molecule has 0 radical (unpaired) electrons. The lowest BCUT2D eigenvalue weighted by atomic mass is 10.1. The molecule has 10 heteroatoms. The molecule has 1 atom stereocenters. The number of hydrogen-bond acceptors (Lipinski definition) is 5. The van der Waals surface area contributed by atoms with Gasteiger partial charge in [0.05, 0.1) is 25.9 Å². The summed E-state index contributed by atoms with van der Waals surface area (Å²) in [7, 11) is 3.48. The summed E-state index contributed by atoms with van der Waals surface area (Å²) >= 11 is 6.11. The summed E-state index contributed by atoms with van der Waals surface area (Å²) in [6, 6.07) is 7.71. The predicted molar refractivity (Wildman–Crippen MR) is 133 cm³/mol. The van der Waals surface area contributed by atoms with Crippen LogP contribution in [-0.4, -0.2) is 106 Å². The normalized spacial score (nSPS) is 19.0. The van der Waals surface area contributed by atoms with E-state index in [4.69, 9.17) is 21.1 Å². The Hall–Kier alpha value is -1.14. The van der Waals surface area contributed by atoms with Crippen molar-refractivity contribution < 1.29 is 14.3 Å². The van der Waals surface area contributed by atoms with E-state index in [1.165, 1.54) is 0 Å². The quantitative estimate of drug-likeness (QED) is 0.322. The molecule has 1 amide bonds. The number of aliphatic imine (C=N–C) groups is 1. The van der Waals surface area contributed by atoms with E-state index in [2.05, 4.69) is 20.1 Å². The van der Waals surface area contributed by atoms with Crippen LogP contribution in [0.1, 0.15) is 11.7 Å². The molecule has 2 aliphatic heterocycles. The maximum absolute atomic E-state index is 12.5. The van der Waals surface area contributed by atoms with Crippen molar-refractivity contribution in [3.05, 3.63) is 34.9 Å². The van der Waals surface area contributed by atoms with Gasteiger partial charge in [0.15, 0.2) is 5.96 Å². The number of hydrogen-bond donors (Lipinski definition) is 1. The molecular formula is C21H33ClIN5O3. The van der Waals surface area contributed by atoms with Crippen molar-refractivity contribution in [3.8, 4) is 0 Å². The van der Waals surface area contributed by atoms with Crippen molar-refractivity contribution in [2.75, 3.05) is 79.7 Å². The van der Waals surface area contributed by atoms with Crippen LogP contribution in [0.25, 0.3) is 0 Å². The van der Waals surface area contributed by atoms with Crippen LogP contribution in [0.4, 0.5) is 0 Å². The number of piperazine rings is 1. The minimum absolute atomic E-state index is 0. The molecule has 0 spiro atoms. The monoisotopic (exact) mass is 565 g/mol. The first-order valence-corrected chi connectivity index (χ1v) is 10.8. The number of guanidine groups is 1. The Morgan fingerprint density at radius 2 is 1.90 bits per heavy atom. The highest BCUT2D eigenvalue weighted by atomic mass is 127. The molecule has 2 heterocycles. The van der Waals surface area contributed by atoms with Gasteiger partial charge >= 0.3 is 0 Å². The average molecular weight is 566 g/mol. The van der Waals surface area contributed by atoms with Crippen molar-refractivity contribution >= 4 is 47.4 Å². The first kappa shape index (κ1) is 26.1. The van der Waals surface area contributed by atoms with E-state index >= 15 is 0 Å². The Labute approximate surface area is 206 Å². The summed E-state index contributed by atoms with van der Waals surface area (Å²) in [5.41, 5.74) is 1.03. The minimum atomic E-state index is -0.118. The summed E-state index contributed by atoms with van der Waals surface area (Å²) in [6.45, 7) is 7.05. The number of ether oxygens (including phenoxy) is 2. The Kier molecular flexibility index (Phi) is 11.3. The molecule has 2 aliphatic rings.